The number of morpholine rings is 2. The molecule has 2 fully saturated rings. The fourth-order valence-electron chi connectivity index (χ4n) is 2.59. The van der Waals surface area contributed by atoms with Gasteiger partial charge in [0.15, 0.2) is 0 Å². The van der Waals surface area contributed by atoms with Gasteiger partial charge in [-0.05, 0) is 0 Å². The number of aromatic nitrogens is 2. The lowest BCUT2D eigenvalue weighted by Gasteiger charge is -2.44. The molecule has 0 radical (unpaired) electrons. The highest BCUT2D eigenvalue weighted by Gasteiger charge is 2.32. The van der Waals surface area contributed by atoms with Gasteiger partial charge in [0.1, 0.15) is 11.4 Å². The standard InChI is InChI=1S/C14H20N6O4/c15-13(21)11-9-17-12(10-16-11)14(22)20(18-1-5-23-6-2-18)19-3-7-24-8-4-19/h9-10H,1-8H2,(H2,15,21). The van der Waals surface area contributed by atoms with Gasteiger partial charge in [-0.1, -0.05) is 0 Å². The Morgan fingerprint density at radius 1 is 0.917 bits per heavy atom. The summed E-state index contributed by atoms with van der Waals surface area (Å²) in [4.78, 5) is 32.0. The van der Waals surface area contributed by atoms with Gasteiger partial charge in [0, 0.05) is 26.2 Å². The van der Waals surface area contributed by atoms with Gasteiger partial charge in [-0.2, -0.15) is 15.1 Å². The van der Waals surface area contributed by atoms with E-state index in [2.05, 4.69) is 9.97 Å². The molecule has 0 spiro atoms. The minimum Gasteiger partial charge on any atom is -0.379 e. The summed E-state index contributed by atoms with van der Waals surface area (Å²) in [5.41, 5.74) is 5.33. The Morgan fingerprint density at radius 3 is 1.79 bits per heavy atom. The van der Waals surface area contributed by atoms with Crippen LogP contribution in [0.3, 0.4) is 0 Å². The van der Waals surface area contributed by atoms with Crippen molar-refractivity contribution in [2.24, 2.45) is 5.73 Å². The van der Waals surface area contributed by atoms with Crippen molar-refractivity contribution in [2.45, 2.75) is 0 Å². The molecule has 0 unspecified atom stereocenters. The van der Waals surface area contributed by atoms with Crippen LogP contribution in [0.25, 0.3) is 0 Å². The molecule has 3 rings (SSSR count). The Kier molecular flexibility index (Phi) is 5.30. The van der Waals surface area contributed by atoms with E-state index in [9.17, 15) is 9.59 Å². The summed E-state index contributed by atoms with van der Waals surface area (Å²) >= 11 is 0. The van der Waals surface area contributed by atoms with Crippen LogP contribution in [-0.2, 0) is 9.47 Å². The topological polar surface area (TPSA) is 114 Å². The number of carbonyl (C=O) groups is 2. The molecular formula is C14H20N6O4. The number of ether oxygens (including phenoxy) is 2. The average molecular weight is 336 g/mol. The highest BCUT2D eigenvalue weighted by Crippen LogP contribution is 2.13. The largest absolute Gasteiger partial charge is 0.379 e. The van der Waals surface area contributed by atoms with Gasteiger partial charge in [0.05, 0.1) is 38.8 Å². The highest BCUT2D eigenvalue weighted by molar-refractivity contribution is 5.93. The maximum Gasteiger partial charge on any atom is 0.303 e. The van der Waals surface area contributed by atoms with Crippen molar-refractivity contribution in [1.82, 2.24) is 25.1 Å². The molecule has 0 atom stereocenters. The fraction of sp³-hybridized carbons (Fsp3) is 0.571. The molecule has 10 nitrogen and oxygen atoms in total. The summed E-state index contributed by atoms with van der Waals surface area (Å²) < 4.78 is 10.7. The lowest BCUT2D eigenvalue weighted by atomic mass is 10.3. The predicted octanol–water partition coefficient (Wildman–Crippen LogP) is -1.49. The van der Waals surface area contributed by atoms with Crippen LogP contribution in [0.5, 0.6) is 0 Å². The number of hydrazine groups is 2. The van der Waals surface area contributed by atoms with E-state index in [0.29, 0.717) is 52.6 Å². The van der Waals surface area contributed by atoms with Crippen LogP contribution < -0.4 is 5.73 Å². The zero-order valence-corrected chi connectivity index (χ0v) is 13.3. The Balaban J connectivity index is 1.82. The number of nitrogens with zero attached hydrogens (tertiary/aromatic N) is 5. The summed E-state index contributed by atoms with van der Waals surface area (Å²) in [5, 5.41) is 5.46. The third-order valence-corrected chi connectivity index (χ3v) is 3.82. The zero-order chi connectivity index (χ0) is 16.9. The smallest absolute Gasteiger partial charge is 0.303 e. The lowest BCUT2D eigenvalue weighted by molar-refractivity contribution is -0.193. The number of amides is 2. The summed E-state index contributed by atoms with van der Waals surface area (Å²) in [6, 6.07) is 0. The third-order valence-electron chi connectivity index (χ3n) is 3.82. The van der Waals surface area contributed by atoms with Crippen molar-refractivity contribution in [3.8, 4) is 0 Å². The third kappa shape index (κ3) is 3.67. The summed E-state index contributed by atoms with van der Waals surface area (Å²) in [6.45, 7) is 4.65. The molecule has 2 aliphatic heterocycles. The van der Waals surface area contributed by atoms with Crippen molar-refractivity contribution >= 4 is 11.8 Å². The first-order chi connectivity index (χ1) is 11.7. The minimum absolute atomic E-state index is 0.0239. The lowest BCUT2D eigenvalue weighted by Crippen LogP contribution is -2.61. The van der Waals surface area contributed by atoms with Gasteiger partial charge in [-0.15, -0.1) is 0 Å². The van der Waals surface area contributed by atoms with Gasteiger partial charge in [-0.3, -0.25) is 9.59 Å². The van der Waals surface area contributed by atoms with E-state index in [1.807, 2.05) is 10.0 Å². The van der Waals surface area contributed by atoms with E-state index in [4.69, 9.17) is 15.2 Å². The fourth-order valence-corrected chi connectivity index (χ4v) is 2.59. The normalized spacial score (nSPS) is 19.8. The molecule has 1 aromatic rings. The van der Waals surface area contributed by atoms with Gasteiger partial charge in [0.25, 0.3) is 5.91 Å². The molecular weight excluding hydrogens is 316 g/mol. The zero-order valence-electron chi connectivity index (χ0n) is 13.3. The van der Waals surface area contributed by atoms with E-state index in [0.717, 1.165) is 0 Å². The monoisotopic (exact) mass is 336 g/mol. The number of hydrogen-bond acceptors (Lipinski definition) is 8. The molecule has 24 heavy (non-hydrogen) atoms. The molecule has 130 valence electrons. The van der Waals surface area contributed by atoms with Crippen LogP contribution in [0.4, 0.5) is 0 Å². The van der Waals surface area contributed by atoms with Crippen molar-refractivity contribution in [2.75, 3.05) is 52.6 Å². The van der Waals surface area contributed by atoms with Crippen LogP contribution >= 0.6 is 0 Å². The SMILES string of the molecule is NC(=O)c1cnc(C(=O)N(N2CCOCC2)N2CCOCC2)cn1. The molecule has 0 saturated carbocycles. The average Bonchev–Trinajstić information content (AvgIpc) is 2.64. The minimum atomic E-state index is -0.681. The van der Waals surface area contributed by atoms with Crippen LogP contribution in [0.2, 0.25) is 0 Å². The van der Waals surface area contributed by atoms with Crippen molar-refractivity contribution in [3.63, 3.8) is 0 Å². The van der Waals surface area contributed by atoms with Crippen molar-refractivity contribution in [1.29, 1.82) is 0 Å². The molecule has 2 N–H and O–H groups in total. The molecule has 10 heteroatoms. The molecule has 0 bridgehead atoms. The van der Waals surface area contributed by atoms with E-state index >= 15 is 0 Å². The first-order valence-electron chi connectivity index (χ1n) is 7.78. The Morgan fingerprint density at radius 2 is 1.38 bits per heavy atom. The molecule has 0 aliphatic carbocycles. The second-order valence-corrected chi connectivity index (χ2v) is 5.38. The van der Waals surface area contributed by atoms with Gasteiger partial charge < -0.3 is 15.2 Å². The van der Waals surface area contributed by atoms with Crippen LogP contribution in [0.15, 0.2) is 12.4 Å². The molecule has 2 amide bonds. The van der Waals surface area contributed by atoms with E-state index < -0.39 is 5.91 Å². The number of carbonyl (C=O) groups excluding carboxylic acids is 2. The second kappa shape index (κ2) is 7.62. The number of rotatable bonds is 4. The van der Waals surface area contributed by atoms with Crippen molar-refractivity contribution in [3.05, 3.63) is 23.8 Å². The Hall–Kier alpha value is -2.14. The second-order valence-electron chi connectivity index (χ2n) is 5.38. The number of primary amides is 1. The van der Waals surface area contributed by atoms with Gasteiger partial charge in [0.2, 0.25) is 0 Å². The number of nitrogens with two attached hydrogens (primary N) is 1. The quantitative estimate of drug-likeness (QED) is 0.707. The molecule has 2 aliphatic rings. The summed E-state index contributed by atoms with van der Waals surface area (Å²) in [6.07, 6.45) is 2.49. The highest BCUT2D eigenvalue weighted by atomic mass is 16.5. The van der Waals surface area contributed by atoms with Crippen LogP contribution in [0, 0.1) is 0 Å². The predicted molar refractivity (Wildman–Crippen MR) is 81.5 cm³/mol. The first-order valence-corrected chi connectivity index (χ1v) is 7.78. The van der Waals surface area contributed by atoms with Gasteiger partial charge >= 0.3 is 5.91 Å². The molecule has 3 heterocycles. The first kappa shape index (κ1) is 16.7. The maximum atomic E-state index is 13.0. The van der Waals surface area contributed by atoms with Crippen LogP contribution in [0.1, 0.15) is 21.0 Å². The Labute approximate surface area is 139 Å². The number of hydrogen-bond donors (Lipinski definition) is 1. The summed E-state index contributed by atoms with van der Waals surface area (Å²) in [5.74, 6) is -0.984. The molecule has 1 aromatic heterocycles. The molecule has 2 saturated heterocycles. The maximum absolute atomic E-state index is 13.0. The van der Waals surface area contributed by atoms with E-state index in [1.165, 1.54) is 12.4 Å². The summed E-state index contributed by atoms with van der Waals surface area (Å²) in [7, 11) is 0. The van der Waals surface area contributed by atoms with Crippen molar-refractivity contribution < 1.29 is 19.1 Å². The van der Waals surface area contributed by atoms with E-state index in [1.54, 1.807) is 5.12 Å². The van der Waals surface area contributed by atoms with E-state index in [-0.39, 0.29) is 17.3 Å². The van der Waals surface area contributed by atoms with Gasteiger partial charge in [-0.25, -0.2) is 9.97 Å². The van der Waals surface area contributed by atoms with Crippen LogP contribution in [-0.4, -0.2) is 89.5 Å². The Bertz CT molecular complexity index is 565. The molecule has 0 aromatic carbocycles.